The minimum atomic E-state index is -3.55. The maximum Gasteiger partial charge on any atom is 0.345 e. The lowest BCUT2D eigenvalue weighted by molar-refractivity contribution is 0.0702. The van der Waals surface area contributed by atoms with Crippen molar-refractivity contribution in [2.24, 2.45) is 0 Å². The Morgan fingerprint density at radius 2 is 1.95 bits per heavy atom. The Kier molecular flexibility index (Phi) is 4.04. The highest BCUT2D eigenvalue weighted by atomic mass is 32.2. The molecule has 1 N–H and O–H groups in total. The number of likely N-dealkylation sites (tertiary alicyclic amines) is 1. The predicted octanol–water partition coefficient (Wildman–Crippen LogP) is 1.31. The largest absolute Gasteiger partial charge is 0.477 e. The second-order valence-electron chi connectivity index (χ2n) is 5.47. The van der Waals surface area contributed by atoms with E-state index >= 15 is 0 Å². The third kappa shape index (κ3) is 2.85. The van der Waals surface area contributed by atoms with Crippen LogP contribution in [0.1, 0.15) is 28.9 Å². The lowest BCUT2D eigenvalue weighted by atomic mass is 10.2. The van der Waals surface area contributed by atoms with E-state index < -0.39 is 16.0 Å². The number of carbonyl (C=O) groups is 1. The summed E-state index contributed by atoms with van der Waals surface area (Å²) in [5, 5.41) is 8.91. The maximum atomic E-state index is 12.6. The molecular weight excluding hydrogens is 312 g/mol. The van der Waals surface area contributed by atoms with Gasteiger partial charge in [0, 0.05) is 19.1 Å². The van der Waals surface area contributed by atoms with Crippen molar-refractivity contribution in [3.8, 4) is 0 Å². The van der Waals surface area contributed by atoms with Crippen LogP contribution in [0.3, 0.4) is 0 Å². The molecule has 0 saturated carbocycles. The fourth-order valence-electron chi connectivity index (χ4n) is 3.03. The average molecular weight is 330 g/mol. The maximum absolute atomic E-state index is 12.6. The molecule has 1 unspecified atom stereocenters. The van der Waals surface area contributed by atoms with Crippen molar-refractivity contribution in [3.05, 3.63) is 17.0 Å². The second-order valence-corrected chi connectivity index (χ2v) is 8.72. The molecular formula is C13H18N2O4S2. The monoisotopic (exact) mass is 330 g/mol. The molecule has 2 fully saturated rings. The Morgan fingerprint density at radius 3 is 2.57 bits per heavy atom. The quantitative estimate of drug-likeness (QED) is 0.900. The van der Waals surface area contributed by atoms with Crippen molar-refractivity contribution in [2.45, 2.75) is 29.5 Å². The van der Waals surface area contributed by atoms with Gasteiger partial charge in [0.25, 0.3) is 10.0 Å². The van der Waals surface area contributed by atoms with E-state index in [2.05, 4.69) is 4.90 Å². The number of rotatable bonds is 4. The summed E-state index contributed by atoms with van der Waals surface area (Å²) in [6.45, 7) is 3.15. The molecule has 21 heavy (non-hydrogen) atoms. The number of carboxylic acids is 1. The molecule has 0 bridgehead atoms. The van der Waals surface area contributed by atoms with Gasteiger partial charge in [0.15, 0.2) is 0 Å². The van der Waals surface area contributed by atoms with Gasteiger partial charge >= 0.3 is 5.97 Å². The van der Waals surface area contributed by atoms with Crippen molar-refractivity contribution in [3.63, 3.8) is 0 Å². The third-order valence-electron chi connectivity index (χ3n) is 4.17. The summed E-state index contributed by atoms with van der Waals surface area (Å²) in [4.78, 5) is 13.3. The van der Waals surface area contributed by atoms with Crippen LogP contribution >= 0.6 is 11.3 Å². The molecule has 0 amide bonds. The van der Waals surface area contributed by atoms with Crippen LogP contribution in [0.4, 0.5) is 0 Å². The molecule has 3 heterocycles. The summed E-state index contributed by atoms with van der Waals surface area (Å²) in [5.74, 6) is -1.09. The first-order valence-electron chi connectivity index (χ1n) is 7.06. The average Bonchev–Trinajstić information content (AvgIpc) is 3.19. The molecule has 1 atom stereocenters. The summed E-state index contributed by atoms with van der Waals surface area (Å²) in [6, 6.07) is 3.06. The fourth-order valence-corrected chi connectivity index (χ4v) is 5.83. The van der Waals surface area contributed by atoms with Gasteiger partial charge < -0.3 is 5.11 Å². The minimum Gasteiger partial charge on any atom is -0.477 e. The Labute approximate surface area is 128 Å². The minimum absolute atomic E-state index is 0.0591. The summed E-state index contributed by atoms with van der Waals surface area (Å²) in [7, 11) is -3.55. The molecule has 0 aromatic carbocycles. The topological polar surface area (TPSA) is 77.9 Å². The van der Waals surface area contributed by atoms with E-state index in [4.69, 9.17) is 5.11 Å². The van der Waals surface area contributed by atoms with Gasteiger partial charge in [-0.1, -0.05) is 0 Å². The highest BCUT2D eigenvalue weighted by Gasteiger charge is 2.36. The van der Waals surface area contributed by atoms with E-state index in [1.807, 2.05) is 0 Å². The second kappa shape index (κ2) is 5.68. The zero-order valence-electron chi connectivity index (χ0n) is 11.6. The molecule has 8 heteroatoms. The first kappa shape index (κ1) is 15.0. The van der Waals surface area contributed by atoms with E-state index in [1.54, 1.807) is 0 Å². The highest BCUT2D eigenvalue weighted by Crippen LogP contribution is 2.29. The first-order valence-corrected chi connectivity index (χ1v) is 9.31. The molecule has 0 spiro atoms. The van der Waals surface area contributed by atoms with Gasteiger partial charge in [0.05, 0.1) is 0 Å². The molecule has 2 aliphatic rings. The van der Waals surface area contributed by atoms with E-state index in [1.165, 1.54) is 29.3 Å². The Morgan fingerprint density at radius 1 is 1.24 bits per heavy atom. The molecule has 0 aliphatic carbocycles. The number of carboxylic acid groups (broad SMARTS) is 1. The number of sulfonamides is 1. The van der Waals surface area contributed by atoms with Crippen LogP contribution in [-0.4, -0.2) is 60.9 Å². The van der Waals surface area contributed by atoms with Gasteiger partial charge in [-0.2, -0.15) is 4.31 Å². The van der Waals surface area contributed by atoms with Crippen LogP contribution in [0.2, 0.25) is 0 Å². The Balaban J connectivity index is 1.74. The van der Waals surface area contributed by atoms with Gasteiger partial charge in [-0.05, 0) is 44.5 Å². The fraction of sp³-hybridized carbons (Fsp3) is 0.615. The van der Waals surface area contributed by atoms with E-state index in [0.717, 1.165) is 30.8 Å². The summed E-state index contributed by atoms with van der Waals surface area (Å²) < 4.78 is 26.7. The molecule has 1 aromatic heterocycles. The smallest absolute Gasteiger partial charge is 0.345 e. The lowest BCUT2D eigenvalue weighted by Gasteiger charge is -2.23. The molecule has 0 radical (unpaired) electrons. The van der Waals surface area contributed by atoms with Crippen LogP contribution in [0.15, 0.2) is 16.3 Å². The van der Waals surface area contributed by atoms with Gasteiger partial charge in [-0.3, -0.25) is 4.90 Å². The van der Waals surface area contributed by atoms with Crippen molar-refractivity contribution in [2.75, 3.05) is 26.2 Å². The van der Waals surface area contributed by atoms with Gasteiger partial charge in [0.2, 0.25) is 0 Å². The number of hydrogen-bond acceptors (Lipinski definition) is 5. The summed E-state index contributed by atoms with van der Waals surface area (Å²) in [6.07, 6.45) is 3.24. The first-order chi connectivity index (χ1) is 9.98. The molecule has 1 aromatic rings. The zero-order chi connectivity index (χ0) is 15.0. The van der Waals surface area contributed by atoms with Crippen molar-refractivity contribution in [1.29, 1.82) is 0 Å². The molecule has 2 saturated heterocycles. The SMILES string of the molecule is O=C(O)c1ccc(S(=O)(=O)N2CCC(N3CCCC3)C2)s1. The van der Waals surface area contributed by atoms with Crippen molar-refractivity contribution >= 4 is 27.3 Å². The van der Waals surface area contributed by atoms with Crippen molar-refractivity contribution in [1.82, 2.24) is 9.21 Å². The van der Waals surface area contributed by atoms with E-state index in [0.29, 0.717) is 19.1 Å². The van der Waals surface area contributed by atoms with Crippen molar-refractivity contribution < 1.29 is 18.3 Å². The standard InChI is InChI=1S/C13H18N2O4S2/c16-13(17)11-3-4-12(20-11)21(18,19)15-8-5-10(9-15)14-6-1-2-7-14/h3-4,10H,1-2,5-9H2,(H,16,17). The number of aromatic carboxylic acids is 1. The molecule has 2 aliphatic heterocycles. The number of nitrogens with zero attached hydrogens (tertiary/aromatic N) is 2. The van der Waals surface area contributed by atoms with E-state index in [9.17, 15) is 13.2 Å². The van der Waals surface area contributed by atoms with Crippen LogP contribution < -0.4 is 0 Å². The number of thiophene rings is 1. The molecule has 3 rings (SSSR count). The van der Waals surface area contributed by atoms with Crippen LogP contribution in [-0.2, 0) is 10.0 Å². The molecule has 6 nitrogen and oxygen atoms in total. The van der Waals surface area contributed by atoms with Gasteiger partial charge in [-0.25, -0.2) is 13.2 Å². The normalized spacial score (nSPS) is 24.7. The Hall–Kier alpha value is -0.960. The summed E-state index contributed by atoms with van der Waals surface area (Å²) in [5.41, 5.74) is 0. The predicted molar refractivity (Wildman–Crippen MR) is 79.2 cm³/mol. The third-order valence-corrected chi connectivity index (χ3v) is 7.58. The highest BCUT2D eigenvalue weighted by molar-refractivity contribution is 7.91. The number of hydrogen-bond donors (Lipinski definition) is 1. The van der Waals surface area contributed by atoms with Gasteiger partial charge in [-0.15, -0.1) is 11.3 Å². The molecule has 116 valence electrons. The Bertz CT molecular complexity index is 634. The lowest BCUT2D eigenvalue weighted by Crippen LogP contribution is -2.36. The van der Waals surface area contributed by atoms with Crippen LogP contribution in [0.5, 0.6) is 0 Å². The zero-order valence-corrected chi connectivity index (χ0v) is 13.2. The van der Waals surface area contributed by atoms with Crippen LogP contribution in [0, 0.1) is 0 Å². The van der Waals surface area contributed by atoms with Crippen LogP contribution in [0.25, 0.3) is 0 Å². The van der Waals surface area contributed by atoms with Gasteiger partial charge in [0.1, 0.15) is 9.09 Å². The summed E-state index contributed by atoms with van der Waals surface area (Å²) >= 11 is 0.825. The van der Waals surface area contributed by atoms with E-state index in [-0.39, 0.29) is 9.09 Å².